The lowest BCUT2D eigenvalue weighted by Crippen LogP contribution is -2.02. The van der Waals surface area contributed by atoms with E-state index in [-0.39, 0.29) is 12.2 Å². The van der Waals surface area contributed by atoms with E-state index in [2.05, 4.69) is 19.9 Å². The van der Waals surface area contributed by atoms with Crippen LogP contribution in [-0.4, -0.2) is 18.2 Å². The van der Waals surface area contributed by atoms with Gasteiger partial charge in [-0.15, -0.1) is 0 Å². The number of aliphatic carboxylic acids is 1. The summed E-state index contributed by atoms with van der Waals surface area (Å²) >= 11 is 0. The van der Waals surface area contributed by atoms with Gasteiger partial charge in [0.2, 0.25) is 0 Å². The predicted molar refractivity (Wildman–Crippen MR) is 138 cm³/mol. The summed E-state index contributed by atoms with van der Waals surface area (Å²) in [5, 5.41) is 8.87. The van der Waals surface area contributed by atoms with Crippen LogP contribution in [-0.2, 0) is 24.2 Å². The molecule has 1 N–H and O–H groups in total. The van der Waals surface area contributed by atoms with Crippen molar-refractivity contribution in [2.24, 2.45) is 5.92 Å². The zero-order valence-corrected chi connectivity index (χ0v) is 20.9. The maximum atomic E-state index is 14.6. The smallest absolute Gasteiger partial charge is 0.303 e. The van der Waals surface area contributed by atoms with Gasteiger partial charge in [-0.2, -0.15) is 0 Å². The number of halogens is 1. The van der Waals surface area contributed by atoms with E-state index >= 15 is 0 Å². The van der Waals surface area contributed by atoms with Crippen LogP contribution < -0.4 is 9.47 Å². The van der Waals surface area contributed by atoms with Crippen molar-refractivity contribution in [1.82, 2.24) is 0 Å². The number of methoxy groups -OCH3 is 1. The van der Waals surface area contributed by atoms with Crippen molar-refractivity contribution in [2.75, 3.05) is 7.11 Å². The molecule has 0 aromatic heterocycles. The summed E-state index contributed by atoms with van der Waals surface area (Å²) in [4.78, 5) is 10.8. The minimum absolute atomic E-state index is 0.0876. The van der Waals surface area contributed by atoms with Gasteiger partial charge in [-0.05, 0) is 71.3 Å². The van der Waals surface area contributed by atoms with Crippen LogP contribution in [0, 0.1) is 11.7 Å². The van der Waals surface area contributed by atoms with Gasteiger partial charge < -0.3 is 14.6 Å². The molecule has 0 amide bonds. The second kappa shape index (κ2) is 12.9. The Kier molecular flexibility index (Phi) is 9.71. The number of hydrogen-bond donors (Lipinski definition) is 1. The molecule has 0 saturated heterocycles. The fraction of sp³-hybridized carbons (Fsp3) is 0.367. The zero-order chi connectivity index (χ0) is 25.2. The number of aryl methyl sites for hydroxylation is 1. The van der Waals surface area contributed by atoms with Crippen molar-refractivity contribution >= 4 is 5.97 Å². The van der Waals surface area contributed by atoms with Crippen LogP contribution in [0.5, 0.6) is 11.5 Å². The van der Waals surface area contributed by atoms with Gasteiger partial charge in [-0.3, -0.25) is 4.79 Å². The summed E-state index contributed by atoms with van der Waals surface area (Å²) in [6, 6.07) is 18.2. The topological polar surface area (TPSA) is 55.8 Å². The summed E-state index contributed by atoms with van der Waals surface area (Å²) in [5.74, 6) is 0.623. The van der Waals surface area contributed by atoms with Gasteiger partial charge in [-0.25, -0.2) is 4.39 Å². The highest BCUT2D eigenvalue weighted by molar-refractivity contribution is 5.70. The van der Waals surface area contributed by atoms with Crippen molar-refractivity contribution < 1.29 is 23.8 Å². The molecule has 0 unspecified atom stereocenters. The van der Waals surface area contributed by atoms with E-state index in [0.717, 1.165) is 28.7 Å². The largest absolute Gasteiger partial charge is 0.497 e. The van der Waals surface area contributed by atoms with Crippen LogP contribution in [0.3, 0.4) is 0 Å². The third-order valence-corrected chi connectivity index (χ3v) is 5.55. The maximum absolute atomic E-state index is 14.6. The summed E-state index contributed by atoms with van der Waals surface area (Å²) in [5.41, 5.74) is 4.36. The van der Waals surface area contributed by atoms with Crippen LogP contribution >= 0.6 is 0 Å². The highest BCUT2D eigenvalue weighted by Gasteiger charge is 2.14. The molecule has 5 heteroatoms. The van der Waals surface area contributed by atoms with E-state index in [1.807, 2.05) is 36.4 Å². The first-order valence-corrected chi connectivity index (χ1v) is 12.2. The fourth-order valence-electron chi connectivity index (χ4n) is 3.65. The monoisotopic (exact) mass is 478 g/mol. The lowest BCUT2D eigenvalue weighted by atomic mass is 9.92. The molecule has 0 spiro atoms. The summed E-state index contributed by atoms with van der Waals surface area (Å²) in [6.45, 7) is 4.64. The first-order valence-electron chi connectivity index (χ1n) is 12.2. The molecule has 186 valence electrons. The van der Waals surface area contributed by atoms with Gasteiger partial charge in [0.1, 0.15) is 23.9 Å². The Balaban J connectivity index is 0.00000106. The summed E-state index contributed by atoms with van der Waals surface area (Å²) in [6.07, 6.45) is 5.86. The number of carboxylic acids is 1. The van der Waals surface area contributed by atoms with Crippen molar-refractivity contribution in [3.8, 4) is 22.6 Å². The molecule has 0 atom stereocenters. The third-order valence-electron chi connectivity index (χ3n) is 5.55. The van der Waals surface area contributed by atoms with Crippen molar-refractivity contribution in [3.05, 3.63) is 83.2 Å². The molecule has 1 fully saturated rings. The Bertz CT molecular complexity index is 1120. The maximum Gasteiger partial charge on any atom is 0.303 e. The van der Waals surface area contributed by atoms with E-state index in [1.165, 1.54) is 25.3 Å². The molecule has 0 bridgehead atoms. The molecule has 35 heavy (non-hydrogen) atoms. The average molecular weight is 479 g/mol. The normalized spacial score (nSPS) is 12.0. The summed E-state index contributed by atoms with van der Waals surface area (Å²) in [7, 11) is 1.57. The lowest BCUT2D eigenvalue weighted by molar-refractivity contribution is -0.136. The first kappa shape index (κ1) is 26.3. The van der Waals surface area contributed by atoms with Gasteiger partial charge in [0.15, 0.2) is 0 Å². The third kappa shape index (κ3) is 8.75. The molecule has 1 saturated carbocycles. The van der Waals surface area contributed by atoms with E-state index in [0.29, 0.717) is 36.0 Å². The summed E-state index contributed by atoms with van der Waals surface area (Å²) < 4.78 is 25.9. The van der Waals surface area contributed by atoms with Gasteiger partial charge in [0.05, 0.1) is 7.11 Å². The van der Waals surface area contributed by atoms with Gasteiger partial charge in [-0.1, -0.05) is 63.4 Å². The minimum atomic E-state index is -0.818. The Morgan fingerprint density at radius 3 is 2.37 bits per heavy atom. The molecular formula is C30H35FO4. The molecule has 1 aliphatic carbocycles. The van der Waals surface area contributed by atoms with E-state index in [1.54, 1.807) is 19.2 Å². The van der Waals surface area contributed by atoms with Gasteiger partial charge in [0.25, 0.3) is 0 Å². The van der Waals surface area contributed by atoms with E-state index < -0.39 is 5.97 Å². The molecule has 4 nitrogen and oxygen atoms in total. The zero-order valence-electron chi connectivity index (χ0n) is 20.9. The number of hydrogen-bond acceptors (Lipinski definition) is 3. The molecule has 4 rings (SSSR count). The number of carbonyl (C=O) groups is 1. The number of benzene rings is 3. The van der Waals surface area contributed by atoms with Crippen molar-refractivity contribution in [2.45, 2.75) is 59.0 Å². The Morgan fingerprint density at radius 2 is 1.71 bits per heavy atom. The second-order valence-electron chi connectivity index (χ2n) is 9.33. The predicted octanol–water partition coefficient (Wildman–Crippen LogP) is 7.47. The Hall–Kier alpha value is -3.34. The van der Waals surface area contributed by atoms with Crippen molar-refractivity contribution in [3.63, 3.8) is 0 Å². The Morgan fingerprint density at radius 1 is 0.943 bits per heavy atom. The minimum Gasteiger partial charge on any atom is -0.497 e. The first-order chi connectivity index (χ1) is 16.9. The number of ether oxygens (including phenoxy) is 2. The average Bonchev–Trinajstić information content (AvgIpc) is 3.72. The van der Waals surface area contributed by atoms with Crippen LogP contribution in [0.25, 0.3) is 11.1 Å². The standard InChI is InChI=1S/C27H29FO4.C3H6/c1-18(2)13-21-14-20(7-10-24(21)25-16-22(31-3)9-11-26(25)28)17-32-23-6-4-5-19(15-23)8-12-27(29)30;1-2-3-1/h4-7,9-11,14-16,18H,8,12-13,17H2,1-3H3,(H,29,30);1-3H2. The SMILES string of the molecule is C1CC1.COc1ccc(F)c(-c2ccc(COc3cccc(CCC(=O)O)c3)cc2CC(C)C)c1. The molecule has 0 heterocycles. The number of carboxylic acid groups (broad SMARTS) is 1. The van der Waals surface area contributed by atoms with Crippen LogP contribution in [0.15, 0.2) is 60.7 Å². The Labute approximate surface area is 207 Å². The molecular weight excluding hydrogens is 443 g/mol. The van der Waals surface area contributed by atoms with Crippen LogP contribution in [0.4, 0.5) is 4.39 Å². The molecule has 3 aromatic rings. The van der Waals surface area contributed by atoms with E-state index in [4.69, 9.17) is 14.6 Å². The fourth-order valence-corrected chi connectivity index (χ4v) is 3.65. The quantitative estimate of drug-likeness (QED) is 0.328. The van der Waals surface area contributed by atoms with Crippen molar-refractivity contribution in [1.29, 1.82) is 0 Å². The molecule has 3 aromatic carbocycles. The van der Waals surface area contributed by atoms with Crippen LogP contribution in [0.2, 0.25) is 0 Å². The number of rotatable bonds is 10. The van der Waals surface area contributed by atoms with Gasteiger partial charge >= 0.3 is 5.97 Å². The molecule has 1 aliphatic rings. The molecule has 0 radical (unpaired) electrons. The molecule has 0 aliphatic heterocycles. The van der Waals surface area contributed by atoms with Gasteiger partial charge in [0, 0.05) is 12.0 Å². The highest BCUT2D eigenvalue weighted by atomic mass is 19.1. The lowest BCUT2D eigenvalue weighted by Gasteiger charge is -2.16. The van der Waals surface area contributed by atoms with Crippen LogP contribution in [0.1, 0.15) is 56.2 Å². The highest BCUT2D eigenvalue weighted by Crippen LogP contribution is 2.32. The second-order valence-corrected chi connectivity index (χ2v) is 9.33. The van der Waals surface area contributed by atoms with E-state index in [9.17, 15) is 9.18 Å².